The fourth-order valence-corrected chi connectivity index (χ4v) is 2.72. The Bertz CT molecular complexity index is 226. The Morgan fingerprint density at radius 2 is 2.07 bits per heavy atom. The van der Waals surface area contributed by atoms with E-state index in [1.54, 1.807) is 0 Å². The number of hydrogen-bond acceptors (Lipinski definition) is 4. The predicted octanol–water partition coefficient (Wildman–Crippen LogP) is 0.564. The lowest BCUT2D eigenvalue weighted by atomic mass is 9.81. The van der Waals surface area contributed by atoms with Crippen LogP contribution in [0.25, 0.3) is 0 Å². The number of rotatable bonds is 2. The molecule has 2 unspecified atom stereocenters. The Balaban J connectivity index is 1.97. The van der Waals surface area contributed by atoms with Crippen LogP contribution in [0, 0.1) is 11.8 Å². The highest BCUT2D eigenvalue weighted by atomic mass is 16.6. The number of ether oxygens (including phenoxy) is 2. The minimum absolute atomic E-state index is 0.198. The van der Waals surface area contributed by atoms with Gasteiger partial charge in [-0.1, -0.05) is 0 Å². The van der Waals surface area contributed by atoms with Gasteiger partial charge in [-0.05, 0) is 38.3 Å². The highest BCUT2D eigenvalue weighted by Crippen LogP contribution is 2.33. The van der Waals surface area contributed by atoms with Crippen LogP contribution in [0.3, 0.4) is 0 Å². The maximum absolute atomic E-state index is 11.5. The SMILES string of the molecule is COC(=O)C1OCCC1C1CCNCC1. The van der Waals surface area contributed by atoms with E-state index in [2.05, 4.69) is 5.32 Å². The molecular weight excluding hydrogens is 194 g/mol. The van der Waals surface area contributed by atoms with Crippen LogP contribution in [-0.4, -0.2) is 38.9 Å². The van der Waals surface area contributed by atoms with Crippen molar-refractivity contribution in [2.75, 3.05) is 26.8 Å². The molecule has 0 amide bonds. The van der Waals surface area contributed by atoms with Crippen LogP contribution < -0.4 is 5.32 Å². The maximum atomic E-state index is 11.5. The molecule has 0 aromatic rings. The van der Waals surface area contributed by atoms with Crippen LogP contribution in [0.5, 0.6) is 0 Å². The summed E-state index contributed by atoms with van der Waals surface area (Å²) in [5, 5.41) is 3.34. The summed E-state index contributed by atoms with van der Waals surface area (Å²) in [6.07, 6.45) is 3.01. The molecule has 0 radical (unpaired) electrons. The van der Waals surface area contributed by atoms with E-state index in [9.17, 15) is 4.79 Å². The maximum Gasteiger partial charge on any atom is 0.335 e. The van der Waals surface area contributed by atoms with Crippen LogP contribution in [0.4, 0.5) is 0 Å². The molecule has 86 valence electrons. The van der Waals surface area contributed by atoms with E-state index in [0.29, 0.717) is 18.4 Å². The first-order valence-corrected chi connectivity index (χ1v) is 5.73. The van der Waals surface area contributed by atoms with E-state index in [1.807, 2.05) is 0 Å². The fourth-order valence-electron chi connectivity index (χ4n) is 2.72. The molecule has 0 aliphatic carbocycles. The summed E-state index contributed by atoms with van der Waals surface area (Å²) >= 11 is 0. The predicted molar refractivity (Wildman–Crippen MR) is 55.5 cm³/mol. The van der Waals surface area contributed by atoms with Gasteiger partial charge in [0, 0.05) is 12.5 Å². The number of esters is 1. The third-order valence-electron chi connectivity index (χ3n) is 3.56. The molecule has 2 atom stereocenters. The second-order valence-corrected chi connectivity index (χ2v) is 4.35. The molecule has 2 fully saturated rings. The zero-order valence-corrected chi connectivity index (χ0v) is 9.20. The van der Waals surface area contributed by atoms with E-state index >= 15 is 0 Å². The standard InChI is InChI=1S/C11H19NO3/c1-14-11(13)10-9(4-7-15-10)8-2-5-12-6-3-8/h8-10,12H,2-7H2,1H3. The van der Waals surface area contributed by atoms with Crippen molar-refractivity contribution in [3.63, 3.8) is 0 Å². The van der Waals surface area contributed by atoms with Gasteiger partial charge in [-0.3, -0.25) is 0 Å². The van der Waals surface area contributed by atoms with E-state index < -0.39 is 0 Å². The molecule has 1 N–H and O–H groups in total. The summed E-state index contributed by atoms with van der Waals surface area (Å²) in [4.78, 5) is 11.5. The van der Waals surface area contributed by atoms with Crippen molar-refractivity contribution in [1.29, 1.82) is 0 Å². The zero-order valence-electron chi connectivity index (χ0n) is 9.20. The van der Waals surface area contributed by atoms with Gasteiger partial charge in [-0.2, -0.15) is 0 Å². The molecule has 4 nitrogen and oxygen atoms in total. The van der Waals surface area contributed by atoms with Gasteiger partial charge in [0.2, 0.25) is 0 Å². The van der Waals surface area contributed by atoms with E-state index in [0.717, 1.165) is 32.4 Å². The third kappa shape index (κ3) is 2.32. The first kappa shape index (κ1) is 10.9. The number of piperidine rings is 1. The van der Waals surface area contributed by atoms with Crippen LogP contribution >= 0.6 is 0 Å². The summed E-state index contributed by atoms with van der Waals surface area (Å²) in [6.45, 7) is 2.83. The fraction of sp³-hybridized carbons (Fsp3) is 0.909. The van der Waals surface area contributed by atoms with Crippen LogP contribution in [0.15, 0.2) is 0 Å². The molecule has 0 saturated carbocycles. The molecular formula is C11H19NO3. The number of methoxy groups -OCH3 is 1. The normalized spacial score (nSPS) is 32.9. The molecule has 2 heterocycles. The summed E-state index contributed by atoms with van der Waals surface area (Å²) in [7, 11) is 1.43. The van der Waals surface area contributed by atoms with E-state index in [-0.39, 0.29) is 12.1 Å². The molecule has 2 saturated heterocycles. The topological polar surface area (TPSA) is 47.6 Å². The number of carbonyl (C=O) groups excluding carboxylic acids is 1. The van der Waals surface area contributed by atoms with Crippen molar-refractivity contribution in [2.24, 2.45) is 11.8 Å². The Morgan fingerprint density at radius 3 is 2.73 bits per heavy atom. The van der Waals surface area contributed by atoms with Crippen molar-refractivity contribution < 1.29 is 14.3 Å². The molecule has 2 rings (SSSR count). The molecule has 0 aromatic heterocycles. The number of hydrogen-bond donors (Lipinski definition) is 1. The minimum atomic E-state index is -0.307. The average molecular weight is 213 g/mol. The lowest BCUT2D eigenvalue weighted by Crippen LogP contribution is -2.38. The lowest BCUT2D eigenvalue weighted by Gasteiger charge is -2.29. The molecule has 0 spiro atoms. The van der Waals surface area contributed by atoms with E-state index in [1.165, 1.54) is 7.11 Å². The van der Waals surface area contributed by atoms with Gasteiger partial charge in [-0.15, -0.1) is 0 Å². The monoisotopic (exact) mass is 213 g/mol. The third-order valence-corrected chi connectivity index (χ3v) is 3.56. The zero-order chi connectivity index (χ0) is 10.7. The highest BCUT2D eigenvalue weighted by Gasteiger charge is 2.39. The molecule has 2 aliphatic rings. The minimum Gasteiger partial charge on any atom is -0.467 e. The van der Waals surface area contributed by atoms with Gasteiger partial charge < -0.3 is 14.8 Å². The van der Waals surface area contributed by atoms with Crippen LogP contribution in [-0.2, 0) is 14.3 Å². The van der Waals surface area contributed by atoms with Crippen LogP contribution in [0.2, 0.25) is 0 Å². The molecule has 2 aliphatic heterocycles. The van der Waals surface area contributed by atoms with Crippen LogP contribution in [0.1, 0.15) is 19.3 Å². The Morgan fingerprint density at radius 1 is 1.33 bits per heavy atom. The smallest absolute Gasteiger partial charge is 0.335 e. The average Bonchev–Trinajstić information content (AvgIpc) is 2.78. The van der Waals surface area contributed by atoms with Gasteiger partial charge in [0.05, 0.1) is 7.11 Å². The van der Waals surface area contributed by atoms with Crippen molar-refractivity contribution >= 4 is 5.97 Å². The largest absolute Gasteiger partial charge is 0.467 e. The lowest BCUT2D eigenvalue weighted by molar-refractivity contribution is -0.154. The van der Waals surface area contributed by atoms with Gasteiger partial charge >= 0.3 is 5.97 Å². The number of carbonyl (C=O) groups is 1. The molecule has 0 aromatic carbocycles. The molecule has 0 bridgehead atoms. The quantitative estimate of drug-likeness (QED) is 0.681. The number of nitrogens with one attached hydrogen (secondary N) is 1. The summed E-state index contributed by atoms with van der Waals surface area (Å²) in [6, 6.07) is 0. The van der Waals surface area contributed by atoms with Crippen molar-refractivity contribution in [3.05, 3.63) is 0 Å². The van der Waals surface area contributed by atoms with Gasteiger partial charge in [-0.25, -0.2) is 4.79 Å². The Hall–Kier alpha value is -0.610. The summed E-state index contributed by atoms with van der Waals surface area (Å²) in [5.74, 6) is 0.799. The van der Waals surface area contributed by atoms with E-state index in [4.69, 9.17) is 9.47 Å². The first-order chi connectivity index (χ1) is 7.33. The Labute approximate surface area is 90.3 Å². The summed E-state index contributed by atoms with van der Waals surface area (Å²) in [5.41, 5.74) is 0. The first-order valence-electron chi connectivity index (χ1n) is 5.73. The van der Waals surface area contributed by atoms with Crippen molar-refractivity contribution in [2.45, 2.75) is 25.4 Å². The summed E-state index contributed by atoms with van der Waals surface area (Å²) < 4.78 is 10.3. The molecule has 4 heteroatoms. The van der Waals surface area contributed by atoms with Crippen molar-refractivity contribution in [1.82, 2.24) is 5.32 Å². The second-order valence-electron chi connectivity index (χ2n) is 4.35. The molecule has 15 heavy (non-hydrogen) atoms. The Kier molecular flexibility index (Phi) is 3.59. The van der Waals surface area contributed by atoms with Gasteiger partial charge in [0.1, 0.15) is 0 Å². The van der Waals surface area contributed by atoms with Crippen molar-refractivity contribution in [3.8, 4) is 0 Å². The van der Waals surface area contributed by atoms with Gasteiger partial charge in [0.15, 0.2) is 6.10 Å². The second kappa shape index (κ2) is 4.94. The highest BCUT2D eigenvalue weighted by molar-refractivity contribution is 5.75. The van der Waals surface area contributed by atoms with Gasteiger partial charge in [0.25, 0.3) is 0 Å².